The average Bonchev–Trinajstić information content (AvgIpc) is 1.83. The van der Waals surface area contributed by atoms with Crippen molar-refractivity contribution in [2.75, 3.05) is 18.5 Å². The molecule has 3 heteroatoms. The van der Waals surface area contributed by atoms with Crippen LogP contribution in [0, 0.1) is 0 Å². The summed E-state index contributed by atoms with van der Waals surface area (Å²) in [5, 5.41) is 9.41. The summed E-state index contributed by atoms with van der Waals surface area (Å²) in [6.45, 7) is 3.01. The van der Waals surface area contributed by atoms with Gasteiger partial charge in [-0.05, 0) is 6.92 Å². The van der Waals surface area contributed by atoms with E-state index in [9.17, 15) is 0 Å². The van der Waals surface area contributed by atoms with Gasteiger partial charge in [-0.2, -0.15) is 0 Å². The Bertz CT molecular complexity index is 49.7. The summed E-state index contributed by atoms with van der Waals surface area (Å²) < 4.78 is 4.91. The van der Waals surface area contributed by atoms with E-state index in [1.807, 2.05) is 6.92 Å². The van der Waals surface area contributed by atoms with Crippen molar-refractivity contribution in [3.63, 3.8) is 0 Å². The molecule has 1 N–H and O–H groups in total. The zero-order chi connectivity index (χ0) is 6.41. The Labute approximate surface area is 58.0 Å². The maximum absolute atomic E-state index is 8.82. The first kappa shape index (κ1) is 8.40. The van der Waals surface area contributed by atoms with E-state index in [4.69, 9.17) is 9.84 Å². The molecular weight excluding hydrogens is 172 g/mol. The molecule has 0 bridgehead atoms. The van der Waals surface area contributed by atoms with Crippen molar-refractivity contribution in [1.82, 2.24) is 0 Å². The molecule has 0 aromatic carbocycles. The van der Waals surface area contributed by atoms with Crippen molar-refractivity contribution < 1.29 is 9.84 Å². The topological polar surface area (TPSA) is 29.5 Å². The third-order valence-electron chi connectivity index (χ3n) is 0.692. The van der Waals surface area contributed by atoms with Crippen LogP contribution in [0.1, 0.15) is 6.92 Å². The fraction of sp³-hybridized carbons (Fsp3) is 1.00. The summed E-state index contributed by atoms with van der Waals surface area (Å²) in [7, 11) is 0. The molecule has 1 atom stereocenters. The molecule has 0 fully saturated rings. The second kappa shape index (κ2) is 5.54. The summed E-state index contributed by atoms with van der Waals surface area (Å²) >= 11 is 3.11. The Kier molecular flexibility index (Phi) is 5.81. The van der Waals surface area contributed by atoms with Crippen molar-refractivity contribution in [2.24, 2.45) is 0 Å². The van der Waals surface area contributed by atoms with Crippen molar-refractivity contribution in [2.45, 2.75) is 13.0 Å². The first-order chi connectivity index (χ1) is 3.81. The van der Waals surface area contributed by atoms with Gasteiger partial charge in [-0.25, -0.2) is 0 Å². The van der Waals surface area contributed by atoms with Crippen LogP contribution in [0.3, 0.4) is 0 Å². The van der Waals surface area contributed by atoms with Crippen LogP contribution >= 0.6 is 15.9 Å². The van der Waals surface area contributed by atoms with Crippen LogP contribution in [0.5, 0.6) is 0 Å². The van der Waals surface area contributed by atoms with Gasteiger partial charge in [-0.1, -0.05) is 15.9 Å². The van der Waals surface area contributed by atoms with E-state index in [1.165, 1.54) is 0 Å². The Morgan fingerprint density at radius 1 is 1.75 bits per heavy atom. The summed E-state index contributed by atoms with van der Waals surface area (Å²) in [6, 6.07) is 0. The lowest BCUT2D eigenvalue weighted by Gasteiger charge is -2.04. The first-order valence-corrected chi connectivity index (χ1v) is 3.75. The van der Waals surface area contributed by atoms with Gasteiger partial charge in [0.05, 0.1) is 12.7 Å². The smallest absolute Gasteiger partial charge is 0.0870 e. The highest BCUT2D eigenvalue weighted by Crippen LogP contribution is 1.89. The standard InChI is InChI=1S/C5H11BrO2/c1-2-8-4-5(7)3-6/h5,7H,2-4H2,1H3/t5-/m1/s1. The van der Waals surface area contributed by atoms with Crippen molar-refractivity contribution >= 4 is 15.9 Å². The first-order valence-electron chi connectivity index (χ1n) is 2.63. The van der Waals surface area contributed by atoms with Crippen LogP contribution in [0.25, 0.3) is 0 Å². The second-order valence-electron chi connectivity index (χ2n) is 1.47. The van der Waals surface area contributed by atoms with Gasteiger partial charge in [0, 0.05) is 11.9 Å². The van der Waals surface area contributed by atoms with Gasteiger partial charge in [-0.3, -0.25) is 0 Å². The third kappa shape index (κ3) is 4.56. The van der Waals surface area contributed by atoms with E-state index in [2.05, 4.69) is 15.9 Å². The van der Waals surface area contributed by atoms with Crippen molar-refractivity contribution in [1.29, 1.82) is 0 Å². The lowest BCUT2D eigenvalue weighted by atomic mass is 10.4. The molecule has 0 radical (unpaired) electrons. The van der Waals surface area contributed by atoms with Gasteiger partial charge in [-0.15, -0.1) is 0 Å². The molecule has 0 aromatic rings. The van der Waals surface area contributed by atoms with Crippen LogP contribution in [-0.2, 0) is 4.74 Å². The monoisotopic (exact) mass is 182 g/mol. The van der Waals surface area contributed by atoms with Crippen LogP contribution in [0.2, 0.25) is 0 Å². The van der Waals surface area contributed by atoms with Gasteiger partial charge in [0.25, 0.3) is 0 Å². The number of alkyl halides is 1. The minimum absolute atomic E-state index is 0.352. The SMILES string of the molecule is CCOC[C@H](O)CBr. The summed E-state index contributed by atoms with van der Waals surface area (Å²) in [5.41, 5.74) is 0. The molecule has 0 amide bonds. The zero-order valence-corrected chi connectivity index (χ0v) is 6.52. The summed E-state index contributed by atoms with van der Waals surface area (Å²) in [6.07, 6.45) is -0.352. The molecule has 0 aromatic heterocycles. The highest BCUT2D eigenvalue weighted by molar-refractivity contribution is 9.09. The fourth-order valence-electron chi connectivity index (χ4n) is 0.298. The molecule has 2 nitrogen and oxygen atoms in total. The van der Waals surface area contributed by atoms with E-state index in [1.54, 1.807) is 0 Å². The van der Waals surface area contributed by atoms with Crippen LogP contribution < -0.4 is 0 Å². The van der Waals surface area contributed by atoms with E-state index < -0.39 is 0 Å². The molecule has 0 aliphatic carbocycles. The predicted octanol–water partition coefficient (Wildman–Crippen LogP) is 0.779. The largest absolute Gasteiger partial charge is 0.390 e. The Morgan fingerprint density at radius 3 is 2.75 bits per heavy atom. The Hall–Kier alpha value is 0.400. The van der Waals surface area contributed by atoms with E-state index >= 15 is 0 Å². The lowest BCUT2D eigenvalue weighted by molar-refractivity contribution is 0.0557. The molecule has 0 spiro atoms. The minimum atomic E-state index is -0.352. The van der Waals surface area contributed by atoms with Gasteiger partial charge >= 0.3 is 0 Å². The van der Waals surface area contributed by atoms with E-state index in [0.29, 0.717) is 18.5 Å². The molecule has 8 heavy (non-hydrogen) atoms. The number of aliphatic hydroxyl groups is 1. The molecule has 0 saturated heterocycles. The number of rotatable bonds is 4. The number of hydrogen-bond acceptors (Lipinski definition) is 2. The quantitative estimate of drug-likeness (QED) is 0.652. The van der Waals surface area contributed by atoms with Gasteiger partial charge < -0.3 is 9.84 Å². The van der Waals surface area contributed by atoms with Crippen LogP contribution in [-0.4, -0.2) is 29.8 Å². The Balaban J connectivity index is 2.86. The molecule has 0 rings (SSSR count). The van der Waals surface area contributed by atoms with Crippen molar-refractivity contribution in [3.05, 3.63) is 0 Å². The highest BCUT2D eigenvalue weighted by Gasteiger charge is 1.97. The molecule has 0 saturated carbocycles. The maximum atomic E-state index is 8.82. The summed E-state index contributed by atoms with van der Waals surface area (Å²) in [4.78, 5) is 0. The molecule has 50 valence electrons. The summed E-state index contributed by atoms with van der Waals surface area (Å²) in [5.74, 6) is 0. The molecular formula is C5H11BrO2. The highest BCUT2D eigenvalue weighted by atomic mass is 79.9. The fourth-order valence-corrected chi connectivity index (χ4v) is 0.485. The number of halogens is 1. The average molecular weight is 183 g/mol. The number of aliphatic hydroxyl groups excluding tert-OH is 1. The maximum Gasteiger partial charge on any atom is 0.0870 e. The van der Waals surface area contributed by atoms with Gasteiger partial charge in [0.15, 0.2) is 0 Å². The molecule has 0 heterocycles. The Morgan fingerprint density at radius 2 is 2.38 bits per heavy atom. The van der Waals surface area contributed by atoms with Crippen LogP contribution in [0.15, 0.2) is 0 Å². The second-order valence-corrected chi connectivity index (χ2v) is 2.12. The van der Waals surface area contributed by atoms with E-state index in [-0.39, 0.29) is 6.10 Å². The van der Waals surface area contributed by atoms with Gasteiger partial charge in [0.1, 0.15) is 0 Å². The van der Waals surface area contributed by atoms with Crippen molar-refractivity contribution in [3.8, 4) is 0 Å². The zero-order valence-electron chi connectivity index (χ0n) is 4.93. The number of ether oxygens (including phenoxy) is 1. The normalized spacial score (nSPS) is 13.9. The molecule has 0 aliphatic heterocycles. The van der Waals surface area contributed by atoms with Gasteiger partial charge in [0.2, 0.25) is 0 Å². The third-order valence-corrected chi connectivity index (χ3v) is 1.44. The minimum Gasteiger partial charge on any atom is -0.390 e. The van der Waals surface area contributed by atoms with Crippen LogP contribution in [0.4, 0.5) is 0 Å². The molecule has 0 aliphatic rings. The molecule has 0 unspecified atom stereocenters. The lowest BCUT2D eigenvalue weighted by Crippen LogP contribution is -2.16. The number of hydrogen-bond donors (Lipinski definition) is 1. The van der Waals surface area contributed by atoms with E-state index in [0.717, 1.165) is 0 Å². The predicted molar refractivity (Wildman–Crippen MR) is 36.3 cm³/mol.